The van der Waals surface area contributed by atoms with Gasteiger partial charge in [-0.1, -0.05) is 39.8 Å². The second-order valence-corrected chi connectivity index (χ2v) is 20.7. The molecule has 2 N–H and O–H groups in total. The van der Waals surface area contributed by atoms with Gasteiger partial charge in [0, 0.05) is 51.8 Å². The number of rotatable bonds is 7. The van der Waals surface area contributed by atoms with Crippen LogP contribution >= 0.6 is 7.82 Å². The van der Waals surface area contributed by atoms with Gasteiger partial charge in [0.25, 0.3) is 11.1 Å². The van der Waals surface area contributed by atoms with E-state index in [1.807, 2.05) is 19.1 Å². The van der Waals surface area contributed by atoms with Gasteiger partial charge in [-0.25, -0.2) is 14.2 Å². The van der Waals surface area contributed by atoms with E-state index in [9.17, 15) is 23.7 Å². The van der Waals surface area contributed by atoms with Gasteiger partial charge < -0.3 is 23.4 Å². The number of aromatic nitrogens is 4. The van der Waals surface area contributed by atoms with Gasteiger partial charge in [-0.3, -0.25) is 42.3 Å². The van der Waals surface area contributed by atoms with Gasteiger partial charge in [0.1, 0.15) is 30.0 Å². The van der Waals surface area contributed by atoms with Crippen molar-refractivity contribution >= 4 is 16.1 Å². The minimum atomic E-state index is -4.46. The fourth-order valence-corrected chi connectivity index (χ4v) is 8.78. The van der Waals surface area contributed by atoms with Gasteiger partial charge in [-0.05, 0) is 24.6 Å². The van der Waals surface area contributed by atoms with Crippen LogP contribution in [0.3, 0.4) is 0 Å². The standard InChI is InChI=1S/C31H47N4O13PSi/c1-18-11-10-14-31(25(48-50(8,9)30(2,3)4)24(42-6)27(46-31)35-16-13-20(37)33-29(35)39)17-44-49(40,43-7)47-22-21(18)45-26(23(22)41-5)34-15-12-19(36)32-28(34)38/h10-13,15-16,18,21-27H,14,17H2,1-9H3,(H,32,36,38)(H,33,37,39)/t18-,21+,22+,23+,24+,25-,26+,27+,31+,49?/m0/s1. The van der Waals surface area contributed by atoms with Crippen LogP contribution in [0.15, 0.2) is 55.9 Å². The fourth-order valence-electron chi connectivity index (χ4n) is 6.28. The number of ether oxygens (including phenoxy) is 4. The van der Waals surface area contributed by atoms with Crippen LogP contribution in [-0.2, 0) is 41.5 Å². The molecular formula is C31H47N4O13PSi. The Balaban J connectivity index is 1.60. The van der Waals surface area contributed by atoms with E-state index >= 15 is 0 Å². The summed E-state index contributed by atoms with van der Waals surface area (Å²) in [5.41, 5.74) is -4.02. The Morgan fingerprint density at radius 1 is 0.920 bits per heavy atom. The summed E-state index contributed by atoms with van der Waals surface area (Å²) in [5.74, 6) is -0.432. The van der Waals surface area contributed by atoms with Gasteiger partial charge in [0.2, 0.25) is 0 Å². The van der Waals surface area contributed by atoms with Crippen molar-refractivity contribution in [3.8, 4) is 0 Å². The molecule has 5 heterocycles. The zero-order chi connectivity index (χ0) is 36.8. The van der Waals surface area contributed by atoms with Gasteiger partial charge in [-0.2, -0.15) is 0 Å². The quantitative estimate of drug-likeness (QED) is 0.238. The maximum atomic E-state index is 14.4. The van der Waals surface area contributed by atoms with E-state index in [1.165, 1.54) is 55.0 Å². The maximum Gasteiger partial charge on any atom is 0.475 e. The van der Waals surface area contributed by atoms with Crippen LogP contribution in [-0.4, -0.2) is 91.5 Å². The number of nitrogens with zero attached hydrogens (tertiary/aromatic N) is 2. The highest BCUT2D eigenvalue weighted by Gasteiger charge is 2.61. The molecule has 10 atom stereocenters. The summed E-state index contributed by atoms with van der Waals surface area (Å²) >= 11 is 0. The molecule has 2 aromatic heterocycles. The van der Waals surface area contributed by atoms with Crippen LogP contribution in [0.1, 0.15) is 46.6 Å². The molecule has 0 amide bonds. The van der Waals surface area contributed by atoms with Crippen LogP contribution in [0, 0.1) is 5.92 Å². The second kappa shape index (κ2) is 14.3. The first-order chi connectivity index (χ1) is 23.4. The summed E-state index contributed by atoms with van der Waals surface area (Å²) in [6.45, 7) is 11.8. The molecule has 2 fully saturated rings. The third kappa shape index (κ3) is 7.28. The molecule has 0 aromatic carbocycles. The van der Waals surface area contributed by atoms with Crippen molar-refractivity contribution in [2.45, 2.75) is 101 Å². The minimum Gasteiger partial charge on any atom is -0.408 e. The first-order valence-corrected chi connectivity index (χ1v) is 20.6. The summed E-state index contributed by atoms with van der Waals surface area (Å²) in [6, 6.07) is 2.38. The molecule has 0 bridgehead atoms. The van der Waals surface area contributed by atoms with Crippen molar-refractivity contribution in [2.24, 2.45) is 5.92 Å². The van der Waals surface area contributed by atoms with E-state index in [-0.39, 0.29) is 11.5 Å². The lowest BCUT2D eigenvalue weighted by Gasteiger charge is -2.43. The van der Waals surface area contributed by atoms with Crippen molar-refractivity contribution in [3.63, 3.8) is 0 Å². The topological polar surface area (TPSA) is 201 Å². The average Bonchev–Trinajstić information content (AvgIpc) is 3.53. The highest BCUT2D eigenvalue weighted by Crippen LogP contribution is 2.56. The van der Waals surface area contributed by atoms with Crippen LogP contribution in [0.4, 0.5) is 0 Å². The Bertz CT molecular complexity index is 1850. The molecule has 2 aromatic rings. The number of methoxy groups -OCH3 is 2. The Labute approximate surface area is 289 Å². The van der Waals surface area contributed by atoms with E-state index in [1.54, 1.807) is 0 Å². The zero-order valence-corrected chi connectivity index (χ0v) is 31.5. The van der Waals surface area contributed by atoms with Gasteiger partial charge in [0.05, 0.1) is 12.7 Å². The third-order valence-corrected chi connectivity index (χ3v) is 15.9. The smallest absolute Gasteiger partial charge is 0.408 e. The molecule has 1 spiro atoms. The molecule has 17 nitrogen and oxygen atoms in total. The highest BCUT2D eigenvalue weighted by molar-refractivity contribution is 7.48. The summed E-state index contributed by atoms with van der Waals surface area (Å²) in [6.07, 6.45) is -0.349. The molecule has 3 aliphatic rings. The number of hydrogen-bond donors (Lipinski definition) is 2. The summed E-state index contributed by atoms with van der Waals surface area (Å²) in [4.78, 5) is 54.0. The van der Waals surface area contributed by atoms with Gasteiger partial charge in [-0.15, -0.1) is 0 Å². The summed E-state index contributed by atoms with van der Waals surface area (Å²) in [7, 11) is -3.02. The van der Waals surface area contributed by atoms with Crippen LogP contribution in [0.25, 0.3) is 0 Å². The Hall–Kier alpha value is -2.77. The number of phosphoric ester groups is 1. The van der Waals surface area contributed by atoms with Crippen LogP contribution in [0.5, 0.6) is 0 Å². The molecular weight excluding hydrogens is 695 g/mol. The van der Waals surface area contributed by atoms with Crippen molar-refractivity contribution < 1.29 is 41.5 Å². The summed E-state index contributed by atoms with van der Waals surface area (Å²) < 4.78 is 66.2. The number of hydrogen-bond acceptors (Lipinski definition) is 13. The lowest BCUT2D eigenvalue weighted by atomic mass is 9.90. The van der Waals surface area contributed by atoms with E-state index < -0.39 is 99.7 Å². The molecule has 5 rings (SSSR count). The SMILES string of the molecule is CO[C@@H]1[C@@H]2OP(=O)(OC)OC[C@@]3(CC=C[C@H](C)[C@H]2O[C@H]1n1ccc(=O)[nH]c1=O)O[C@@H](n1ccc(=O)[nH]c1=O)[C@H](OC)[C@@H]3O[Si](C)(C)C(C)(C)C. The second-order valence-electron chi connectivity index (χ2n) is 14.3. The molecule has 0 saturated carbocycles. The maximum absolute atomic E-state index is 14.4. The number of fused-ring (bicyclic) bond motifs is 1. The normalized spacial score (nSPS) is 35.2. The summed E-state index contributed by atoms with van der Waals surface area (Å²) in [5, 5.41) is -0.253. The lowest BCUT2D eigenvalue weighted by molar-refractivity contribution is -0.126. The van der Waals surface area contributed by atoms with E-state index in [4.69, 9.17) is 36.9 Å². The zero-order valence-electron chi connectivity index (χ0n) is 29.6. The molecule has 0 aliphatic carbocycles. The largest absolute Gasteiger partial charge is 0.475 e. The predicted octanol–water partition coefficient (Wildman–Crippen LogP) is 2.42. The Kier molecular flexibility index (Phi) is 11.0. The third-order valence-electron chi connectivity index (χ3n) is 10.1. The lowest BCUT2D eigenvalue weighted by Crippen LogP contribution is -2.55. The predicted molar refractivity (Wildman–Crippen MR) is 181 cm³/mol. The molecule has 50 heavy (non-hydrogen) atoms. The Morgan fingerprint density at radius 2 is 1.50 bits per heavy atom. The Morgan fingerprint density at radius 3 is 2.02 bits per heavy atom. The van der Waals surface area contributed by atoms with Crippen molar-refractivity contribution in [2.75, 3.05) is 27.9 Å². The van der Waals surface area contributed by atoms with Gasteiger partial charge >= 0.3 is 19.2 Å². The minimum absolute atomic E-state index is 0.128. The molecule has 278 valence electrons. The molecule has 1 unspecified atom stereocenters. The fraction of sp³-hybridized carbons (Fsp3) is 0.677. The van der Waals surface area contributed by atoms with E-state index in [0.29, 0.717) is 0 Å². The van der Waals surface area contributed by atoms with Crippen LogP contribution in [0.2, 0.25) is 18.1 Å². The van der Waals surface area contributed by atoms with Crippen LogP contribution < -0.4 is 22.5 Å². The number of nitrogens with one attached hydrogen (secondary N) is 2. The first-order valence-electron chi connectivity index (χ1n) is 16.2. The molecule has 0 radical (unpaired) electrons. The first kappa shape index (κ1) is 38.5. The average molecular weight is 743 g/mol. The van der Waals surface area contributed by atoms with Crippen molar-refractivity contribution in [1.29, 1.82) is 0 Å². The molecule has 2 saturated heterocycles. The molecule has 19 heteroatoms. The number of aromatic amines is 2. The van der Waals surface area contributed by atoms with Gasteiger partial charge in [0.15, 0.2) is 20.8 Å². The van der Waals surface area contributed by atoms with Crippen molar-refractivity contribution in [1.82, 2.24) is 19.1 Å². The van der Waals surface area contributed by atoms with E-state index in [0.717, 1.165) is 0 Å². The monoisotopic (exact) mass is 742 g/mol. The van der Waals surface area contributed by atoms with Crippen molar-refractivity contribution in [3.05, 3.63) is 78.4 Å². The molecule has 3 aliphatic heterocycles. The highest BCUT2D eigenvalue weighted by atomic mass is 31.2. The number of H-pyrrole nitrogens is 2. The number of phosphoric acid groups is 1. The van der Waals surface area contributed by atoms with E-state index in [2.05, 4.69) is 43.8 Å².